The molecule has 114 valence electrons. The Bertz CT molecular complexity index is 547. The predicted molar refractivity (Wildman–Crippen MR) is 77.2 cm³/mol. The Labute approximate surface area is 123 Å². The number of aryl methyl sites for hydroxylation is 1. The second kappa shape index (κ2) is 6.51. The molecule has 1 aromatic heterocycles. The van der Waals surface area contributed by atoms with Crippen molar-refractivity contribution in [3.05, 3.63) is 27.9 Å². The third kappa shape index (κ3) is 3.48. The van der Waals surface area contributed by atoms with E-state index in [2.05, 4.69) is 4.98 Å². The van der Waals surface area contributed by atoms with Gasteiger partial charge in [-0.15, -0.1) is 0 Å². The van der Waals surface area contributed by atoms with E-state index < -0.39 is 4.92 Å². The molecule has 0 saturated carbocycles. The van der Waals surface area contributed by atoms with Crippen molar-refractivity contribution in [1.82, 2.24) is 4.98 Å². The lowest BCUT2D eigenvalue weighted by Gasteiger charge is -2.32. The molecule has 0 unspecified atom stereocenters. The average Bonchev–Trinajstić information content (AvgIpc) is 2.47. The van der Waals surface area contributed by atoms with Gasteiger partial charge in [-0.2, -0.15) is 0 Å². The molecule has 0 amide bonds. The third-order valence-electron chi connectivity index (χ3n) is 3.52. The van der Waals surface area contributed by atoms with Crippen LogP contribution >= 0.6 is 0 Å². The Kier molecular flexibility index (Phi) is 4.72. The van der Waals surface area contributed by atoms with E-state index in [1.54, 1.807) is 20.0 Å². The highest BCUT2D eigenvalue weighted by Gasteiger charge is 2.30. The molecule has 7 heteroatoms. The molecule has 0 aliphatic carbocycles. The highest BCUT2D eigenvalue weighted by molar-refractivity contribution is 5.74. The van der Waals surface area contributed by atoms with Gasteiger partial charge in [0.25, 0.3) is 0 Å². The van der Waals surface area contributed by atoms with Crippen molar-refractivity contribution >= 4 is 17.5 Å². The number of carbonyl (C=O) groups is 1. The molecule has 2 heterocycles. The lowest BCUT2D eigenvalue weighted by molar-refractivity contribution is -0.384. The molecule has 0 radical (unpaired) electrons. The van der Waals surface area contributed by atoms with E-state index in [0.717, 1.165) is 18.4 Å². The van der Waals surface area contributed by atoms with Gasteiger partial charge in [-0.25, -0.2) is 4.98 Å². The Balaban J connectivity index is 2.22. The van der Waals surface area contributed by atoms with E-state index in [4.69, 9.17) is 4.74 Å². The number of ether oxygens (including phenoxy) is 1. The first-order valence-electron chi connectivity index (χ1n) is 7.05. The van der Waals surface area contributed by atoms with Gasteiger partial charge in [0.2, 0.25) is 5.82 Å². The summed E-state index contributed by atoms with van der Waals surface area (Å²) in [6.07, 6.45) is 3.14. The number of aromatic nitrogens is 1. The van der Waals surface area contributed by atoms with E-state index in [0.29, 0.717) is 25.5 Å². The summed E-state index contributed by atoms with van der Waals surface area (Å²) in [5.74, 6) is -0.155. The first-order chi connectivity index (χ1) is 10.0. The number of piperidine rings is 1. The van der Waals surface area contributed by atoms with Gasteiger partial charge in [-0.3, -0.25) is 14.9 Å². The first-order valence-corrected chi connectivity index (χ1v) is 7.05. The average molecular weight is 293 g/mol. The van der Waals surface area contributed by atoms with Crippen LogP contribution in [0, 0.1) is 23.0 Å². The monoisotopic (exact) mass is 293 g/mol. The molecule has 1 aliphatic rings. The van der Waals surface area contributed by atoms with Crippen LogP contribution in [0.15, 0.2) is 12.3 Å². The van der Waals surface area contributed by atoms with Crippen LogP contribution in [0.5, 0.6) is 0 Å². The van der Waals surface area contributed by atoms with Crippen LogP contribution in [0.3, 0.4) is 0 Å². The Hall–Kier alpha value is -2.18. The zero-order chi connectivity index (χ0) is 15.4. The summed E-state index contributed by atoms with van der Waals surface area (Å²) < 4.78 is 5.04. The van der Waals surface area contributed by atoms with E-state index in [9.17, 15) is 14.9 Å². The summed E-state index contributed by atoms with van der Waals surface area (Å²) >= 11 is 0. The molecular formula is C14H19N3O4. The van der Waals surface area contributed by atoms with Gasteiger partial charge < -0.3 is 9.64 Å². The number of esters is 1. The van der Waals surface area contributed by atoms with E-state index in [-0.39, 0.29) is 17.6 Å². The third-order valence-corrected chi connectivity index (χ3v) is 3.52. The number of nitrogens with zero attached hydrogens (tertiary/aromatic N) is 3. The Morgan fingerprint density at radius 2 is 2.38 bits per heavy atom. The number of hydrogen-bond acceptors (Lipinski definition) is 6. The second-order valence-corrected chi connectivity index (χ2v) is 5.15. The topological polar surface area (TPSA) is 85.6 Å². The molecule has 2 rings (SSSR count). The molecule has 1 aliphatic heterocycles. The summed E-state index contributed by atoms with van der Waals surface area (Å²) in [7, 11) is 0. The van der Waals surface area contributed by atoms with Gasteiger partial charge >= 0.3 is 11.7 Å². The molecule has 1 fully saturated rings. The molecule has 1 atom stereocenters. The summed E-state index contributed by atoms with van der Waals surface area (Å²) in [4.78, 5) is 28.6. The van der Waals surface area contributed by atoms with E-state index in [1.807, 2.05) is 4.90 Å². The number of anilines is 1. The van der Waals surface area contributed by atoms with Crippen LogP contribution in [-0.4, -0.2) is 35.6 Å². The maximum atomic E-state index is 11.8. The minimum Gasteiger partial charge on any atom is -0.466 e. The van der Waals surface area contributed by atoms with Crippen molar-refractivity contribution in [1.29, 1.82) is 0 Å². The fraction of sp³-hybridized carbons (Fsp3) is 0.571. The van der Waals surface area contributed by atoms with Crippen molar-refractivity contribution < 1.29 is 14.5 Å². The van der Waals surface area contributed by atoms with E-state index >= 15 is 0 Å². The summed E-state index contributed by atoms with van der Waals surface area (Å²) in [6.45, 7) is 4.95. The van der Waals surface area contributed by atoms with Gasteiger partial charge in [-0.05, 0) is 32.3 Å². The fourth-order valence-corrected chi connectivity index (χ4v) is 2.55. The van der Waals surface area contributed by atoms with Crippen molar-refractivity contribution in [3.8, 4) is 0 Å². The summed E-state index contributed by atoms with van der Waals surface area (Å²) in [6, 6.07) is 1.51. The molecule has 21 heavy (non-hydrogen) atoms. The minimum absolute atomic E-state index is 0.0143. The SMILES string of the molecule is CCOC(=O)[C@@H]1CCCN(c2ncc(C)cc2[N+](=O)[O-])C1. The molecular weight excluding hydrogens is 274 g/mol. The summed E-state index contributed by atoms with van der Waals surface area (Å²) in [5, 5.41) is 11.2. The fourth-order valence-electron chi connectivity index (χ4n) is 2.55. The zero-order valence-electron chi connectivity index (χ0n) is 12.2. The molecule has 7 nitrogen and oxygen atoms in total. The van der Waals surface area contributed by atoms with E-state index in [1.165, 1.54) is 6.07 Å². The smallest absolute Gasteiger partial charge is 0.311 e. The normalized spacial score (nSPS) is 18.4. The second-order valence-electron chi connectivity index (χ2n) is 5.15. The van der Waals surface area contributed by atoms with Crippen LogP contribution < -0.4 is 4.90 Å². The number of rotatable bonds is 4. The van der Waals surface area contributed by atoms with Crippen LogP contribution in [0.25, 0.3) is 0 Å². The standard InChI is InChI=1S/C14H19N3O4/c1-3-21-14(18)11-5-4-6-16(9-11)13-12(17(19)20)7-10(2)8-15-13/h7-8,11H,3-6,9H2,1-2H3/t11-/m1/s1. The number of hydrogen-bond donors (Lipinski definition) is 0. The lowest BCUT2D eigenvalue weighted by atomic mass is 9.98. The Morgan fingerprint density at radius 3 is 3.05 bits per heavy atom. The van der Waals surface area contributed by atoms with Crippen LogP contribution in [-0.2, 0) is 9.53 Å². The number of nitro groups is 1. The van der Waals surface area contributed by atoms with Gasteiger partial charge in [0.05, 0.1) is 17.4 Å². The maximum absolute atomic E-state index is 11.8. The highest BCUT2D eigenvalue weighted by atomic mass is 16.6. The quantitative estimate of drug-likeness (QED) is 0.480. The van der Waals surface area contributed by atoms with Crippen molar-refractivity contribution in [2.45, 2.75) is 26.7 Å². The predicted octanol–water partition coefficient (Wildman–Crippen LogP) is 2.08. The van der Waals surface area contributed by atoms with Gasteiger partial charge in [0.1, 0.15) is 0 Å². The minimum atomic E-state index is -0.427. The molecule has 1 aromatic rings. The van der Waals surface area contributed by atoms with Crippen molar-refractivity contribution in [2.24, 2.45) is 5.92 Å². The van der Waals surface area contributed by atoms with Gasteiger partial charge in [-0.1, -0.05) is 0 Å². The van der Waals surface area contributed by atoms with Gasteiger partial charge in [0.15, 0.2) is 0 Å². The van der Waals surface area contributed by atoms with Gasteiger partial charge in [0, 0.05) is 25.4 Å². The summed E-state index contributed by atoms with van der Waals surface area (Å²) in [5.41, 5.74) is 0.726. The molecule has 0 bridgehead atoms. The molecule has 0 N–H and O–H groups in total. The highest BCUT2D eigenvalue weighted by Crippen LogP contribution is 2.30. The maximum Gasteiger partial charge on any atom is 0.311 e. The van der Waals surface area contributed by atoms with Crippen molar-refractivity contribution in [2.75, 3.05) is 24.6 Å². The van der Waals surface area contributed by atoms with Crippen LogP contribution in [0.2, 0.25) is 0 Å². The Morgan fingerprint density at radius 1 is 1.62 bits per heavy atom. The first kappa shape index (κ1) is 15.2. The molecule has 1 saturated heterocycles. The largest absolute Gasteiger partial charge is 0.466 e. The van der Waals surface area contributed by atoms with Crippen LogP contribution in [0.1, 0.15) is 25.3 Å². The zero-order valence-corrected chi connectivity index (χ0v) is 12.2. The molecule has 0 aromatic carbocycles. The number of carbonyl (C=O) groups excluding carboxylic acids is 1. The molecule has 0 spiro atoms. The van der Waals surface area contributed by atoms with Crippen LogP contribution in [0.4, 0.5) is 11.5 Å². The van der Waals surface area contributed by atoms with Crippen molar-refractivity contribution in [3.63, 3.8) is 0 Å². The lowest BCUT2D eigenvalue weighted by Crippen LogP contribution is -2.40. The number of pyridine rings is 1.